The van der Waals surface area contributed by atoms with Crippen molar-refractivity contribution in [2.24, 2.45) is 17.8 Å². The molecule has 2 saturated heterocycles. The molecule has 3 fully saturated rings. The van der Waals surface area contributed by atoms with E-state index >= 15 is 0 Å². The van der Waals surface area contributed by atoms with Gasteiger partial charge in [0, 0.05) is 11.5 Å². The minimum absolute atomic E-state index is 0.0829. The van der Waals surface area contributed by atoms with Crippen molar-refractivity contribution in [3.63, 3.8) is 0 Å². The molecule has 42 heavy (non-hydrogen) atoms. The predicted molar refractivity (Wildman–Crippen MR) is 164 cm³/mol. The van der Waals surface area contributed by atoms with Crippen LogP contribution in [0.25, 0.3) is 6.08 Å². The summed E-state index contributed by atoms with van der Waals surface area (Å²) in [5.74, 6) is -5.38. The van der Waals surface area contributed by atoms with Crippen LogP contribution < -0.4 is 4.90 Å². The number of rotatable bonds is 6. The summed E-state index contributed by atoms with van der Waals surface area (Å²) < 4.78 is 0. The predicted octanol–water partition coefficient (Wildman–Crippen LogP) is 5.68. The van der Waals surface area contributed by atoms with Crippen molar-refractivity contribution in [3.8, 4) is 5.75 Å². The molecular formula is C32H27BrCl2N2O5. The van der Waals surface area contributed by atoms with Crippen molar-refractivity contribution < 1.29 is 24.3 Å². The van der Waals surface area contributed by atoms with Gasteiger partial charge in [-0.1, -0.05) is 76.6 Å². The van der Waals surface area contributed by atoms with Gasteiger partial charge in [0.2, 0.25) is 11.8 Å². The van der Waals surface area contributed by atoms with E-state index in [1.165, 1.54) is 4.90 Å². The first kappa shape index (κ1) is 28.9. The number of nitrogens with zero attached hydrogens (tertiary/aromatic N) is 2. The van der Waals surface area contributed by atoms with Crippen LogP contribution in [0.1, 0.15) is 35.4 Å². The molecule has 0 unspecified atom stereocenters. The molecule has 1 N–H and O–H groups in total. The van der Waals surface area contributed by atoms with Gasteiger partial charge in [0.15, 0.2) is 9.75 Å². The number of phenols is 1. The number of amides is 4. The van der Waals surface area contributed by atoms with Gasteiger partial charge in [-0.15, -0.1) is 29.8 Å². The van der Waals surface area contributed by atoms with E-state index in [1.54, 1.807) is 54.6 Å². The monoisotopic (exact) mass is 668 g/mol. The molecule has 4 amide bonds. The molecule has 2 aliphatic carbocycles. The lowest BCUT2D eigenvalue weighted by atomic mass is 9.56. The molecule has 2 aliphatic heterocycles. The number of aromatic hydroxyl groups is 1. The SMILES string of the molecule is C=CCc1cccc([C@H]2C3=CC[C@@H]4C(=O)N(c5ccc(C=C)cc5)C(=O)[C@@H]4[C@@H]3C[C@@]3(Cl)C(=O)N(CBr)C(=O)[C@@]23Cl)c1O. The Labute approximate surface area is 261 Å². The van der Waals surface area contributed by atoms with E-state index in [0.29, 0.717) is 28.8 Å². The van der Waals surface area contributed by atoms with Crippen LogP contribution in [0.5, 0.6) is 5.75 Å². The molecule has 0 radical (unpaired) electrons. The standard InChI is InChI=1S/C32H27BrCl2N2O5/c1-3-6-18-7-5-8-22(26(18)38)25-20-13-14-21-24(28(40)37(27(21)39)19-11-9-17(4-2)10-12-19)23(20)15-31(34)29(41)36(16-33)30(42)32(25,31)35/h3-5,7-13,21,23-25,38H,1-2,6,14-16H2/t21-,23+,24-,25+,31+,32-/m0/s1. The first-order valence-electron chi connectivity index (χ1n) is 13.6. The fraction of sp³-hybridized carbons (Fsp3) is 0.312. The second-order valence-electron chi connectivity index (χ2n) is 11.1. The third-order valence-electron chi connectivity index (χ3n) is 9.23. The van der Waals surface area contributed by atoms with Crippen molar-refractivity contribution in [2.75, 3.05) is 10.4 Å². The van der Waals surface area contributed by atoms with Gasteiger partial charge in [0.1, 0.15) is 5.75 Å². The number of likely N-dealkylation sites (tertiary alicyclic amines) is 1. The number of phenolic OH excluding ortho intramolecular Hbond substituents is 1. The first-order chi connectivity index (χ1) is 20.0. The maximum absolute atomic E-state index is 14.1. The lowest BCUT2D eigenvalue weighted by Crippen LogP contribution is -2.60. The Morgan fingerprint density at radius 1 is 1.00 bits per heavy atom. The molecule has 2 aromatic carbocycles. The van der Waals surface area contributed by atoms with E-state index in [9.17, 15) is 24.3 Å². The van der Waals surface area contributed by atoms with Crippen LogP contribution in [0.4, 0.5) is 5.69 Å². The first-order valence-corrected chi connectivity index (χ1v) is 15.4. The second kappa shape index (κ2) is 10.2. The number of hydrogen-bond donors (Lipinski definition) is 1. The topological polar surface area (TPSA) is 95.0 Å². The Hall–Kier alpha value is -3.20. The number of fused-ring (bicyclic) bond motifs is 4. The zero-order valence-electron chi connectivity index (χ0n) is 22.4. The van der Waals surface area contributed by atoms with Crippen LogP contribution in [0.15, 0.2) is 73.3 Å². The van der Waals surface area contributed by atoms with Crippen LogP contribution in [0.2, 0.25) is 0 Å². The Balaban J connectivity index is 1.52. The Morgan fingerprint density at radius 3 is 2.36 bits per heavy atom. The van der Waals surface area contributed by atoms with Gasteiger partial charge < -0.3 is 5.11 Å². The van der Waals surface area contributed by atoms with Gasteiger partial charge >= 0.3 is 0 Å². The van der Waals surface area contributed by atoms with Gasteiger partial charge in [-0.2, -0.15) is 0 Å². The Morgan fingerprint density at radius 2 is 1.71 bits per heavy atom. The summed E-state index contributed by atoms with van der Waals surface area (Å²) in [6, 6.07) is 12.1. The van der Waals surface area contributed by atoms with Gasteiger partial charge in [-0.3, -0.25) is 29.0 Å². The third-order valence-corrected chi connectivity index (χ3v) is 11.1. The van der Waals surface area contributed by atoms with Crippen molar-refractivity contribution in [1.29, 1.82) is 0 Å². The Kier molecular flexibility index (Phi) is 7.03. The van der Waals surface area contributed by atoms with Crippen LogP contribution in [0.3, 0.4) is 0 Å². The summed E-state index contributed by atoms with van der Waals surface area (Å²) in [5.41, 5.74) is 2.68. The number of carbonyl (C=O) groups is 4. The van der Waals surface area contributed by atoms with Gasteiger partial charge in [0.25, 0.3) is 11.8 Å². The fourth-order valence-electron chi connectivity index (χ4n) is 7.28. The molecule has 2 heterocycles. The van der Waals surface area contributed by atoms with E-state index in [4.69, 9.17) is 23.2 Å². The third kappa shape index (κ3) is 3.71. The number of allylic oxidation sites excluding steroid dienone is 3. The minimum atomic E-state index is -1.98. The van der Waals surface area contributed by atoms with Crippen molar-refractivity contribution in [2.45, 2.75) is 34.9 Å². The lowest BCUT2D eigenvalue weighted by Gasteiger charge is -2.50. The molecule has 10 heteroatoms. The second-order valence-corrected chi connectivity index (χ2v) is 12.9. The minimum Gasteiger partial charge on any atom is -0.507 e. The number of alkyl halides is 3. The molecule has 6 rings (SSSR count). The maximum Gasteiger partial charge on any atom is 0.254 e. The summed E-state index contributed by atoms with van der Waals surface area (Å²) in [6.45, 7) is 7.51. The molecule has 0 bridgehead atoms. The number of halogens is 3. The van der Waals surface area contributed by atoms with E-state index in [0.717, 1.165) is 10.5 Å². The molecule has 4 aliphatic rings. The Bertz CT molecular complexity index is 1610. The van der Waals surface area contributed by atoms with Gasteiger partial charge in [-0.05, 0) is 48.4 Å². The highest BCUT2D eigenvalue weighted by atomic mass is 79.9. The summed E-state index contributed by atoms with van der Waals surface area (Å²) in [6.07, 6.45) is 5.63. The number of para-hydroxylation sites is 1. The maximum atomic E-state index is 14.1. The van der Waals surface area contributed by atoms with Gasteiger partial charge in [0.05, 0.1) is 23.0 Å². The zero-order valence-corrected chi connectivity index (χ0v) is 25.5. The van der Waals surface area contributed by atoms with Crippen LogP contribution >= 0.6 is 39.1 Å². The summed E-state index contributed by atoms with van der Waals surface area (Å²) in [7, 11) is 0. The number of anilines is 1. The highest BCUT2D eigenvalue weighted by Crippen LogP contribution is 2.66. The number of carbonyl (C=O) groups excluding carboxylic acids is 4. The summed E-state index contributed by atoms with van der Waals surface area (Å²) >= 11 is 17.7. The fourth-order valence-corrected chi connectivity index (χ4v) is 8.69. The average molecular weight is 670 g/mol. The zero-order chi connectivity index (χ0) is 30.1. The quantitative estimate of drug-likeness (QED) is 0.185. The summed E-state index contributed by atoms with van der Waals surface area (Å²) in [5, 5.41) is 11.4. The number of imide groups is 2. The molecule has 6 atom stereocenters. The number of hydrogen-bond acceptors (Lipinski definition) is 5. The largest absolute Gasteiger partial charge is 0.507 e. The average Bonchev–Trinajstić information content (AvgIpc) is 3.32. The summed E-state index contributed by atoms with van der Waals surface area (Å²) in [4.78, 5) is 53.8. The highest BCUT2D eigenvalue weighted by molar-refractivity contribution is 9.09. The smallest absolute Gasteiger partial charge is 0.254 e. The van der Waals surface area contributed by atoms with E-state index in [1.807, 2.05) is 6.08 Å². The molecule has 216 valence electrons. The van der Waals surface area contributed by atoms with Crippen molar-refractivity contribution in [3.05, 3.63) is 90.0 Å². The van der Waals surface area contributed by atoms with Crippen LogP contribution in [-0.4, -0.2) is 48.8 Å². The van der Waals surface area contributed by atoms with Crippen molar-refractivity contribution >= 4 is 74.5 Å². The molecule has 1 saturated carbocycles. The molecule has 2 aromatic rings. The van der Waals surface area contributed by atoms with Crippen LogP contribution in [0, 0.1) is 17.8 Å². The van der Waals surface area contributed by atoms with Gasteiger partial charge in [-0.25, -0.2) is 0 Å². The van der Waals surface area contributed by atoms with Crippen molar-refractivity contribution in [1.82, 2.24) is 4.90 Å². The molecular weight excluding hydrogens is 643 g/mol. The normalized spacial score (nSPS) is 31.9. The highest BCUT2D eigenvalue weighted by Gasteiger charge is 2.76. The molecule has 7 nitrogen and oxygen atoms in total. The lowest BCUT2D eigenvalue weighted by molar-refractivity contribution is -0.138. The molecule has 0 spiro atoms. The van der Waals surface area contributed by atoms with Crippen LogP contribution in [-0.2, 0) is 25.6 Å². The van der Waals surface area contributed by atoms with E-state index < -0.39 is 51.1 Å². The number of benzene rings is 2. The van der Waals surface area contributed by atoms with E-state index in [2.05, 4.69) is 29.1 Å². The van der Waals surface area contributed by atoms with E-state index in [-0.39, 0.29) is 30.0 Å². The molecule has 0 aromatic heterocycles.